The van der Waals surface area contributed by atoms with E-state index in [-0.39, 0.29) is 18.0 Å². The molecular weight excluding hydrogens is 425 g/mol. The molecular formula is C24H22FN5O3. The molecule has 8 nitrogen and oxygen atoms in total. The summed E-state index contributed by atoms with van der Waals surface area (Å²) in [6.07, 6.45) is 3.54. The number of halogens is 1. The van der Waals surface area contributed by atoms with Gasteiger partial charge in [-0.05, 0) is 49.2 Å². The zero-order valence-electron chi connectivity index (χ0n) is 17.8. The van der Waals surface area contributed by atoms with Crippen molar-refractivity contribution in [2.45, 2.75) is 25.0 Å². The van der Waals surface area contributed by atoms with Gasteiger partial charge in [0.15, 0.2) is 5.65 Å². The summed E-state index contributed by atoms with van der Waals surface area (Å²) in [6, 6.07) is 14.8. The Balaban J connectivity index is 1.32. The van der Waals surface area contributed by atoms with Crippen molar-refractivity contribution in [1.82, 2.24) is 24.2 Å². The van der Waals surface area contributed by atoms with Crippen molar-refractivity contribution in [1.29, 1.82) is 0 Å². The first-order valence-corrected chi connectivity index (χ1v) is 10.7. The minimum Gasteiger partial charge on any atom is -0.388 e. The van der Waals surface area contributed by atoms with E-state index in [4.69, 9.17) is 0 Å². The standard InChI is InChI=1S/C24H22FN5O3/c25-18-8-6-17(7-9-18)22(31)28-12-10-24(33,11-13-28)15-29-16-26-21-20(23(29)32)14-27-30(21)19-4-2-1-3-5-19/h1-9,14,16,33H,10-13,15H2. The molecule has 2 aromatic carbocycles. The van der Waals surface area contributed by atoms with E-state index in [9.17, 15) is 19.1 Å². The zero-order valence-corrected chi connectivity index (χ0v) is 17.8. The van der Waals surface area contributed by atoms with E-state index < -0.39 is 11.4 Å². The monoisotopic (exact) mass is 447 g/mol. The summed E-state index contributed by atoms with van der Waals surface area (Å²) in [5, 5.41) is 15.8. The number of carbonyl (C=O) groups is 1. The second kappa shape index (κ2) is 8.25. The summed E-state index contributed by atoms with van der Waals surface area (Å²) in [6.45, 7) is 0.746. The Morgan fingerprint density at radius 1 is 1.06 bits per heavy atom. The Morgan fingerprint density at radius 2 is 1.76 bits per heavy atom. The van der Waals surface area contributed by atoms with E-state index in [1.807, 2.05) is 30.3 Å². The van der Waals surface area contributed by atoms with E-state index >= 15 is 0 Å². The van der Waals surface area contributed by atoms with Crippen LogP contribution in [0.2, 0.25) is 0 Å². The first-order chi connectivity index (χ1) is 15.9. The molecule has 1 amide bonds. The fourth-order valence-corrected chi connectivity index (χ4v) is 4.20. The highest BCUT2D eigenvalue weighted by molar-refractivity contribution is 5.94. The van der Waals surface area contributed by atoms with Crippen LogP contribution >= 0.6 is 0 Å². The number of hydrogen-bond donors (Lipinski definition) is 1. The average molecular weight is 447 g/mol. The molecule has 1 fully saturated rings. The normalized spacial score (nSPS) is 15.6. The van der Waals surface area contributed by atoms with Crippen LogP contribution in [0.1, 0.15) is 23.2 Å². The van der Waals surface area contributed by atoms with E-state index in [2.05, 4.69) is 10.1 Å². The third-order valence-corrected chi connectivity index (χ3v) is 6.09. The molecule has 4 aromatic rings. The maximum absolute atomic E-state index is 13.1. The van der Waals surface area contributed by atoms with Gasteiger partial charge in [-0.2, -0.15) is 5.10 Å². The molecule has 0 radical (unpaired) electrons. The lowest BCUT2D eigenvalue weighted by molar-refractivity contribution is -0.0299. The lowest BCUT2D eigenvalue weighted by atomic mass is 9.91. The Hall–Kier alpha value is -3.85. The lowest BCUT2D eigenvalue weighted by Crippen LogP contribution is -2.49. The highest BCUT2D eigenvalue weighted by Gasteiger charge is 2.35. The van der Waals surface area contributed by atoms with Crippen molar-refractivity contribution >= 4 is 16.9 Å². The van der Waals surface area contributed by atoms with Crippen LogP contribution in [0, 0.1) is 5.82 Å². The molecule has 9 heteroatoms. The van der Waals surface area contributed by atoms with Crippen LogP contribution in [0.4, 0.5) is 4.39 Å². The molecule has 1 aliphatic rings. The van der Waals surface area contributed by atoms with Crippen molar-refractivity contribution in [2.24, 2.45) is 0 Å². The fraction of sp³-hybridized carbons (Fsp3) is 0.250. The van der Waals surface area contributed by atoms with Crippen LogP contribution in [0.15, 0.2) is 71.9 Å². The van der Waals surface area contributed by atoms with E-state index in [0.29, 0.717) is 42.5 Å². The summed E-state index contributed by atoms with van der Waals surface area (Å²) in [7, 11) is 0. The predicted molar refractivity (Wildman–Crippen MR) is 120 cm³/mol. The highest BCUT2D eigenvalue weighted by atomic mass is 19.1. The van der Waals surface area contributed by atoms with Gasteiger partial charge in [0.2, 0.25) is 0 Å². The van der Waals surface area contributed by atoms with E-state index in [0.717, 1.165) is 5.69 Å². The maximum atomic E-state index is 13.1. The second-order valence-electron chi connectivity index (χ2n) is 8.33. The number of rotatable bonds is 4. The number of para-hydroxylation sites is 1. The molecule has 1 aliphatic heterocycles. The van der Waals surface area contributed by atoms with Crippen LogP contribution in [-0.2, 0) is 6.54 Å². The van der Waals surface area contributed by atoms with Crippen molar-refractivity contribution in [3.05, 3.63) is 88.9 Å². The molecule has 0 saturated carbocycles. The summed E-state index contributed by atoms with van der Waals surface area (Å²) in [4.78, 5) is 31.7. The van der Waals surface area contributed by atoms with Gasteiger partial charge in [0, 0.05) is 18.7 Å². The van der Waals surface area contributed by atoms with Gasteiger partial charge in [0.1, 0.15) is 17.5 Å². The fourth-order valence-electron chi connectivity index (χ4n) is 4.20. The summed E-state index contributed by atoms with van der Waals surface area (Å²) in [5.74, 6) is -0.601. The largest absolute Gasteiger partial charge is 0.388 e. The van der Waals surface area contributed by atoms with Crippen LogP contribution in [0.25, 0.3) is 16.7 Å². The van der Waals surface area contributed by atoms with E-state index in [1.54, 1.807) is 9.58 Å². The molecule has 168 valence electrons. The number of carbonyl (C=O) groups excluding carboxylic acids is 1. The Labute approximate surface area is 188 Å². The predicted octanol–water partition coefficient (Wildman–Crippen LogP) is 2.39. The Bertz CT molecular complexity index is 1360. The zero-order chi connectivity index (χ0) is 23.0. The lowest BCUT2D eigenvalue weighted by Gasteiger charge is -2.38. The number of fused-ring (bicyclic) bond motifs is 1. The quantitative estimate of drug-likeness (QED) is 0.519. The number of amides is 1. The third-order valence-electron chi connectivity index (χ3n) is 6.09. The molecule has 5 rings (SSSR count). The molecule has 1 N–H and O–H groups in total. The van der Waals surface area contributed by atoms with Gasteiger partial charge in [-0.15, -0.1) is 0 Å². The molecule has 0 bridgehead atoms. The number of nitrogens with zero attached hydrogens (tertiary/aromatic N) is 5. The number of hydrogen-bond acceptors (Lipinski definition) is 5. The summed E-state index contributed by atoms with van der Waals surface area (Å²) >= 11 is 0. The van der Waals surface area contributed by atoms with Gasteiger partial charge in [-0.25, -0.2) is 14.1 Å². The van der Waals surface area contributed by atoms with Gasteiger partial charge in [0.25, 0.3) is 11.5 Å². The number of aromatic nitrogens is 4. The first kappa shape index (κ1) is 21.0. The molecule has 1 saturated heterocycles. The van der Waals surface area contributed by atoms with Crippen LogP contribution in [0.5, 0.6) is 0 Å². The molecule has 0 atom stereocenters. The van der Waals surface area contributed by atoms with Gasteiger partial charge in [0.05, 0.1) is 24.0 Å². The van der Waals surface area contributed by atoms with Gasteiger partial charge in [-0.1, -0.05) is 18.2 Å². The van der Waals surface area contributed by atoms with Crippen LogP contribution in [0.3, 0.4) is 0 Å². The number of benzene rings is 2. The SMILES string of the molecule is O=C(c1ccc(F)cc1)N1CCC(O)(Cn2cnc3c(cnn3-c3ccccc3)c2=O)CC1. The highest BCUT2D eigenvalue weighted by Crippen LogP contribution is 2.25. The van der Waals surface area contributed by atoms with Crippen LogP contribution in [-0.4, -0.2) is 53.9 Å². The minimum absolute atomic E-state index is 0.0733. The number of piperidine rings is 1. The molecule has 2 aromatic heterocycles. The maximum Gasteiger partial charge on any atom is 0.264 e. The van der Waals surface area contributed by atoms with Crippen molar-refractivity contribution in [3.63, 3.8) is 0 Å². The van der Waals surface area contributed by atoms with Gasteiger partial charge < -0.3 is 10.0 Å². The minimum atomic E-state index is -1.14. The topological polar surface area (TPSA) is 93.2 Å². The second-order valence-corrected chi connectivity index (χ2v) is 8.33. The van der Waals surface area contributed by atoms with Crippen molar-refractivity contribution < 1.29 is 14.3 Å². The average Bonchev–Trinajstić information content (AvgIpc) is 3.27. The molecule has 33 heavy (non-hydrogen) atoms. The summed E-state index contributed by atoms with van der Waals surface area (Å²) < 4.78 is 16.1. The Morgan fingerprint density at radius 3 is 2.45 bits per heavy atom. The Kier molecular flexibility index (Phi) is 5.26. The molecule has 0 spiro atoms. The van der Waals surface area contributed by atoms with Crippen molar-refractivity contribution in [2.75, 3.05) is 13.1 Å². The first-order valence-electron chi connectivity index (χ1n) is 10.7. The molecule has 0 aliphatic carbocycles. The van der Waals surface area contributed by atoms with Gasteiger partial charge >= 0.3 is 0 Å². The number of likely N-dealkylation sites (tertiary alicyclic amines) is 1. The van der Waals surface area contributed by atoms with Gasteiger partial charge in [-0.3, -0.25) is 14.2 Å². The van der Waals surface area contributed by atoms with E-state index in [1.165, 1.54) is 41.4 Å². The van der Waals surface area contributed by atoms with Crippen LogP contribution < -0.4 is 5.56 Å². The smallest absolute Gasteiger partial charge is 0.264 e. The molecule has 3 heterocycles. The molecule has 0 unspecified atom stereocenters. The summed E-state index contributed by atoms with van der Waals surface area (Å²) in [5.41, 5.74) is 0.237. The van der Waals surface area contributed by atoms with Crippen molar-refractivity contribution in [3.8, 4) is 5.69 Å². The third kappa shape index (κ3) is 4.03. The number of aliphatic hydroxyl groups is 1.